The molecule has 112 valence electrons. The number of likely N-dealkylation sites (N-methyl/N-ethyl adjacent to an activating group) is 1. The molecular weight excluding hydrogens is 278 g/mol. The fourth-order valence-corrected chi connectivity index (χ4v) is 1.93. The summed E-state index contributed by atoms with van der Waals surface area (Å²) in [4.78, 5) is 22.3. The van der Waals surface area contributed by atoms with Crippen molar-refractivity contribution in [2.24, 2.45) is 0 Å². The number of nitrogens with zero attached hydrogens (tertiary/aromatic N) is 3. The first-order valence-corrected chi connectivity index (χ1v) is 7.22. The van der Waals surface area contributed by atoms with Gasteiger partial charge in [0.2, 0.25) is 11.9 Å². The van der Waals surface area contributed by atoms with Crippen molar-refractivity contribution in [3.63, 3.8) is 0 Å². The van der Waals surface area contributed by atoms with Crippen molar-refractivity contribution in [2.75, 3.05) is 30.3 Å². The van der Waals surface area contributed by atoms with E-state index in [2.05, 4.69) is 20.6 Å². The lowest BCUT2D eigenvalue weighted by Gasteiger charge is -2.24. The van der Waals surface area contributed by atoms with Crippen LogP contribution in [0.5, 0.6) is 0 Å². The summed E-state index contributed by atoms with van der Waals surface area (Å²) >= 11 is 6.05. The third-order valence-corrected chi connectivity index (χ3v) is 3.15. The number of halogens is 1. The lowest BCUT2D eigenvalue weighted by atomic mass is 10.2. The zero-order valence-electron chi connectivity index (χ0n) is 12.4. The van der Waals surface area contributed by atoms with Crippen LogP contribution in [0.1, 0.15) is 27.7 Å². The van der Waals surface area contributed by atoms with Crippen LogP contribution in [-0.2, 0) is 4.79 Å². The van der Waals surface area contributed by atoms with Gasteiger partial charge in [0.05, 0.1) is 6.20 Å². The molecule has 1 aromatic heterocycles. The van der Waals surface area contributed by atoms with E-state index in [9.17, 15) is 4.79 Å². The largest absolute Gasteiger partial charge is 0.357 e. The van der Waals surface area contributed by atoms with Crippen molar-refractivity contribution in [3.05, 3.63) is 11.2 Å². The number of aromatic nitrogens is 2. The lowest BCUT2D eigenvalue weighted by Crippen LogP contribution is -2.41. The van der Waals surface area contributed by atoms with Crippen LogP contribution in [0.2, 0.25) is 5.02 Å². The average molecular weight is 300 g/mol. The fraction of sp³-hybridized carbons (Fsp3) is 0.615. The fourth-order valence-electron chi connectivity index (χ4n) is 1.79. The molecule has 0 aliphatic carbocycles. The average Bonchev–Trinajstić information content (AvgIpc) is 2.44. The van der Waals surface area contributed by atoms with Crippen LogP contribution in [0.15, 0.2) is 6.20 Å². The van der Waals surface area contributed by atoms with Gasteiger partial charge >= 0.3 is 0 Å². The molecule has 0 aliphatic rings. The second-order valence-corrected chi connectivity index (χ2v) is 4.70. The SMILES string of the molecule is CCNc1ncc(Cl)c(NC(C)C(=O)N(CC)CC)n1. The van der Waals surface area contributed by atoms with Gasteiger partial charge in [-0.2, -0.15) is 4.98 Å². The highest BCUT2D eigenvalue weighted by Gasteiger charge is 2.19. The van der Waals surface area contributed by atoms with Crippen LogP contribution in [0.4, 0.5) is 11.8 Å². The molecular formula is C13H22ClN5O. The number of hydrogen-bond acceptors (Lipinski definition) is 5. The Morgan fingerprint density at radius 3 is 2.60 bits per heavy atom. The Bertz CT molecular complexity index is 450. The van der Waals surface area contributed by atoms with Crippen LogP contribution >= 0.6 is 11.6 Å². The molecule has 1 aromatic rings. The zero-order chi connectivity index (χ0) is 15.1. The molecule has 0 fully saturated rings. The van der Waals surface area contributed by atoms with E-state index in [1.165, 1.54) is 6.20 Å². The second kappa shape index (κ2) is 7.89. The maximum atomic E-state index is 12.2. The highest BCUT2D eigenvalue weighted by Crippen LogP contribution is 2.20. The highest BCUT2D eigenvalue weighted by molar-refractivity contribution is 6.32. The Labute approximate surface area is 124 Å². The first-order valence-electron chi connectivity index (χ1n) is 6.85. The van der Waals surface area contributed by atoms with Gasteiger partial charge in [-0.15, -0.1) is 0 Å². The third-order valence-electron chi connectivity index (χ3n) is 2.88. The maximum absolute atomic E-state index is 12.2. The van der Waals surface area contributed by atoms with Gasteiger partial charge in [-0.1, -0.05) is 11.6 Å². The predicted molar refractivity (Wildman–Crippen MR) is 82.2 cm³/mol. The number of rotatable bonds is 7. The summed E-state index contributed by atoms with van der Waals surface area (Å²) in [6.07, 6.45) is 1.52. The number of hydrogen-bond donors (Lipinski definition) is 2. The molecule has 7 heteroatoms. The van der Waals surface area contributed by atoms with E-state index in [0.717, 1.165) is 6.54 Å². The molecule has 20 heavy (non-hydrogen) atoms. The van der Waals surface area contributed by atoms with Crippen molar-refractivity contribution in [1.82, 2.24) is 14.9 Å². The molecule has 2 N–H and O–H groups in total. The first kappa shape index (κ1) is 16.5. The van der Waals surface area contributed by atoms with Crippen LogP contribution in [0, 0.1) is 0 Å². The molecule has 0 saturated heterocycles. The third kappa shape index (κ3) is 4.23. The summed E-state index contributed by atoms with van der Waals surface area (Å²) in [7, 11) is 0. The topological polar surface area (TPSA) is 70.2 Å². The van der Waals surface area contributed by atoms with E-state index >= 15 is 0 Å². The molecule has 1 atom stereocenters. The number of amides is 1. The van der Waals surface area contributed by atoms with E-state index in [-0.39, 0.29) is 5.91 Å². The van der Waals surface area contributed by atoms with Crippen molar-refractivity contribution < 1.29 is 4.79 Å². The van der Waals surface area contributed by atoms with Gasteiger partial charge in [0.1, 0.15) is 11.1 Å². The molecule has 0 spiro atoms. The minimum atomic E-state index is -0.392. The van der Waals surface area contributed by atoms with E-state index in [0.29, 0.717) is 29.9 Å². The van der Waals surface area contributed by atoms with Gasteiger partial charge < -0.3 is 15.5 Å². The molecule has 1 amide bonds. The van der Waals surface area contributed by atoms with Gasteiger partial charge in [0.25, 0.3) is 0 Å². The molecule has 0 radical (unpaired) electrons. The zero-order valence-corrected chi connectivity index (χ0v) is 13.2. The normalized spacial score (nSPS) is 11.8. The van der Waals surface area contributed by atoms with Crippen molar-refractivity contribution in [2.45, 2.75) is 33.7 Å². The Morgan fingerprint density at radius 1 is 1.40 bits per heavy atom. The molecule has 0 aliphatic heterocycles. The van der Waals surface area contributed by atoms with Crippen LogP contribution in [-0.4, -0.2) is 46.5 Å². The minimum absolute atomic E-state index is 0.0229. The molecule has 0 bridgehead atoms. The molecule has 1 unspecified atom stereocenters. The van der Waals surface area contributed by atoms with Crippen molar-refractivity contribution in [1.29, 1.82) is 0 Å². The van der Waals surface area contributed by atoms with Gasteiger partial charge in [-0.05, 0) is 27.7 Å². The number of carbonyl (C=O) groups excluding carboxylic acids is 1. The Morgan fingerprint density at radius 2 is 2.05 bits per heavy atom. The van der Waals surface area contributed by atoms with E-state index in [1.54, 1.807) is 11.8 Å². The minimum Gasteiger partial charge on any atom is -0.357 e. The summed E-state index contributed by atoms with van der Waals surface area (Å²) < 4.78 is 0. The molecule has 1 rings (SSSR count). The van der Waals surface area contributed by atoms with Crippen LogP contribution in [0.3, 0.4) is 0 Å². The van der Waals surface area contributed by atoms with Gasteiger partial charge in [0.15, 0.2) is 5.82 Å². The number of anilines is 2. The maximum Gasteiger partial charge on any atom is 0.244 e. The monoisotopic (exact) mass is 299 g/mol. The Hall–Kier alpha value is -1.56. The molecule has 6 nitrogen and oxygen atoms in total. The summed E-state index contributed by atoms with van der Waals surface area (Å²) in [5.74, 6) is 0.974. The lowest BCUT2D eigenvalue weighted by molar-refractivity contribution is -0.131. The predicted octanol–water partition coefficient (Wildman–Crippen LogP) is 2.23. The van der Waals surface area contributed by atoms with Crippen molar-refractivity contribution >= 4 is 29.3 Å². The van der Waals surface area contributed by atoms with E-state index < -0.39 is 6.04 Å². The van der Waals surface area contributed by atoms with Gasteiger partial charge in [0, 0.05) is 19.6 Å². The highest BCUT2D eigenvalue weighted by atomic mass is 35.5. The van der Waals surface area contributed by atoms with Crippen LogP contribution in [0.25, 0.3) is 0 Å². The summed E-state index contributed by atoms with van der Waals surface area (Å²) in [5, 5.41) is 6.44. The van der Waals surface area contributed by atoms with Gasteiger partial charge in [-0.3, -0.25) is 4.79 Å². The summed E-state index contributed by atoms with van der Waals surface area (Å²) in [6, 6.07) is -0.392. The van der Waals surface area contributed by atoms with Crippen LogP contribution < -0.4 is 10.6 Å². The standard InChI is InChI=1S/C13H22ClN5O/c1-5-15-13-16-8-10(14)11(18-13)17-9(4)12(20)19(6-2)7-3/h8-9H,5-7H2,1-4H3,(H2,15,16,17,18). The summed E-state index contributed by atoms with van der Waals surface area (Å²) in [6.45, 7) is 9.74. The van der Waals surface area contributed by atoms with E-state index in [4.69, 9.17) is 11.6 Å². The molecule has 0 aromatic carbocycles. The van der Waals surface area contributed by atoms with Gasteiger partial charge in [-0.25, -0.2) is 4.98 Å². The smallest absolute Gasteiger partial charge is 0.244 e. The Balaban J connectivity index is 2.81. The quantitative estimate of drug-likeness (QED) is 0.808. The second-order valence-electron chi connectivity index (χ2n) is 4.30. The number of carbonyl (C=O) groups is 1. The van der Waals surface area contributed by atoms with Crippen molar-refractivity contribution in [3.8, 4) is 0 Å². The summed E-state index contributed by atoms with van der Waals surface area (Å²) in [5.41, 5.74) is 0. The molecule has 0 saturated carbocycles. The first-order chi connectivity index (χ1) is 9.53. The van der Waals surface area contributed by atoms with E-state index in [1.807, 2.05) is 20.8 Å². The number of nitrogens with one attached hydrogen (secondary N) is 2. The Kier molecular flexibility index (Phi) is 6.51. The molecule has 1 heterocycles.